The Kier molecular flexibility index (Phi) is 5.05. The number of hydrogen-bond donors (Lipinski definition) is 1. The van der Waals surface area contributed by atoms with Crippen molar-refractivity contribution in [2.24, 2.45) is 5.92 Å². The van der Waals surface area contributed by atoms with Crippen molar-refractivity contribution in [1.82, 2.24) is 0 Å². The van der Waals surface area contributed by atoms with E-state index in [-0.39, 0.29) is 18.2 Å². The summed E-state index contributed by atoms with van der Waals surface area (Å²) in [6, 6.07) is 16.5. The standard InChI is InChI=1S/C19H17N3O2S/c1-25-17-7-5-16(6-8-17)22-12-14(10-18(22)23)19(24)21-15-4-2-3-13(9-15)11-20/h2-9,14H,10,12H2,1H3,(H,21,24). The molecule has 1 aliphatic rings. The molecule has 3 rings (SSSR count). The van der Waals surface area contributed by atoms with Gasteiger partial charge in [-0.25, -0.2) is 0 Å². The van der Waals surface area contributed by atoms with Gasteiger partial charge in [-0.15, -0.1) is 11.8 Å². The van der Waals surface area contributed by atoms with Gasteiger partial charge in [0.2, 0.25) is 11.8 Å². The zero-order chi connectivity index (χ0) is 17.8. The van der Waals surface area contributed by atoms with E-state index in [1.54, 1.807) is 40.9 Å². The molecule has 2 amide bonds. The number of rotatable bonds is 4. The molecule has 0 spiro atoms. The van der Waals surface area contributed by atoms with Crippen LogP contribution in [-0.4, -0.2) is 24.6 Å². The number of carbonyl (C=O) groups excluding carboxylic acids is 2. The lowest BCUT2D eigenvalue weighted by atomic mass is 10.1. The quantitative estimate of drug-likeness (QED) is 0.858. The van der Waals surface area contributed by atoms with Gasteiger partial charge in [0.25, 0.3) is 0 Å². The van der Waals surface area contributed by atoms with Crippen LogP contribution in [0.4, 0.5) is 11.4 Å². The Morgan fingerprint density at radius 2 is 2.04 bits per heavy atom. The third kappa shape index (κ3) is 3.83. The van der Waals surface area contributed by atoms with Gasteiger partial charge in [-0.1, -0.05) is 6.07 Å². The van der Waals surface area contributed by atoms with Crippen LogP contribution in [0.5, 0.6) is 0 Å². The summed E-state index contributed by atoms with van der Waals surface area (Å²) in [5.41, 5.74) is 1.86. The van der Waals surface area contributed by atoms with Crippen molar-refractivity contribution in [1.29, 1.82) is 5.26 Å². The minimum atomic E-state index is -0.404. The van der Waals surface area contributed by atoms with Gasteiger partial charge >= 0.3 is 0 Å². The van der Waals surface area contributed by atoms with Crippen LogP contribution in [0, 0.1) is 17.2 Å². The number of nitriles is 1. The molecule has 1 atom stereocenters. The van der Waals surface area contributed by atoms with Crippen molar-refractivity contribution in [3.8, 4) is 6.07 Å². The molecule has 2 aromatic carbocycles. The van der Waals surface area contributed by atoms with Crippen molar-refractivity contribution in [2.75, 3.05) is 23.0 Å². The molecule has 6 heteroatoms. The van der Waals surface area contributed by atoms with Crippen LogP contribution in [0.1, 0.15) is 12.0 Å². The predicted octanol–water partition coefficient (Wildman–Crippen LogP) is 3.27. The first kappa shape index (κ1) is 17.1. The SMILES string of the molecule is CSc1ccc(N2CC(C(=O)Nc3cccc(C#N)c3)CC2=O)cc1. The van der Waals surface area contributed by atoms with E-state index >= 15 is 0 Å². The topological polar surface area (TPSA) is 73.2 Å². The van der Waals surface area contributed by atoms with Crippen LogP contribution in [0.2, 0.25) is 0 Å². The second kappa shape index (κ2) is 7.41. The van der Waals surface area contributed by atoms with Gasteiger partial charge in [0.15, 0.2) is 0 Å². The number of anilines is 2. The third-order valence-corrected chi connectivity index (χ3v) is 4.88. The average molecular weight is 351 g/mol. The number of nitrogens with zero attached hydrogens (tertiary/aromatic N) is 2. The second-order valence-electron chi connectivity index (χ2n) is 5.79. The predicted molar refractivity (Wildman–Crippen MR) is 98.5 cm³/mol. The molecule has 2 aromatic rings. The molecule has 0 bridgehead atoms. The molecule has 25 heavy (non-hydrogen) atoms. The molecule has 1 N–H and O–H groups in total. The average Bonchev–Trinajstić information content (AvgIpc) is 3.04. The van der Waals surface area contributed by atoms with Crippen LogP contribution in [0.15, 0.2) is 53.4 Å². The Morgan fingerprint density at radius 3 is 2.72 bits per heavy atom. The number of nitrogens with one attached hydrogen (secondary N) is 1. The Balaban J connectivity index is 1.68. The van der Waals surface area contributed by atoms with Crippen LogP contribution in [0.25, 0.3) is 0 Å². The zero-order valence-electron chi connectivity index (χ0n) is 13.7. The molecule has 1 saturated heterocycles. The highest BCUT2D eigenvalue weighted by atomic mass is 32.2. The molecule has 126 valence electrons. The summed E-state index contributed by atoms with van der Waals surface area (Å²) >= 11 is 1.64. The summed E-state index contributed by atoms with van der Waals surface area (Å²) in [4.78, 5) is 27.5. The number of thioether (sulfide) groups is 1. The fourth-order valence-electron chi connectivity index (χ4n) is 2.81. The van der Waals surface area contributed by atoms with Gasteiger partial charge in [-0.05, 0) is 48.7 Å². The highest BCUT2D eigenvalue weighted by Crippen LogP contribution is 2.27. The van der Waals surface area contributed by atoms with E-state index in [2.05, 4.69) is 5.32 Å². The molecule has 1 heterocycles. The van der Waals surface area contributed by atoms with Crippen LogP contribution < -0.4 is 10.2 Å². The van der Waals surface area contributed by atoms with Gasteiger partial charge in [0, 0.05) is 29.2 Å². The van der Waals surface area contributed by atoms with Crippen molar-refractivity contribution in [3.05, 3.63) is 54.1 Å². The Labute approximate surface area is 150 Å². The largest absolute Gasteiger partial charge is 0.326 e. The van der Waals surface area contributed by atoms with Crippen molar-refractivity contribution in [2.45, 2.75) is 11.3 Å². The fraction of sp³-hybridized carbons (Fsp3) is 0.211. The van der Waals surface area contributed by atoms with Gasteiger partial charge in [-0.3, -0.25) is 9.59 Å². The van der Waals surface area contributed by atoms with Crippen molar-refractivity contribution >= 4 is 35.0 Å². The van der Waals surface area contributed by atoms with Gasteiger partial charge in [-0.2, -0.15) is 5.26 Å². The Hall–Kier alpha value is -2.78. The van der Waals surface area contributed by atoms with E-state index in [0.29, 0.717) is 17.8 Å². The molecule has 0 radical (unpaired) electrons. The van der Waals surface area contributed by atoms with E-state index in [9.17, 15) is 9.59 Å². The first-order valence-corrected chi connectivity index (χ1v) is 9.08. The third-order valence-electron chi connectivity index (χ3n) is 4.14. The van der Waals surface area contributed by atoms with Crippen molar-refractivity contribution < 1.29 is 9.59 Å². The van der Waals surface area contributed by atoms with Crippen LogP contribution >= 0.6 is 11.8 Å². The summed E-state index contributed by atoms with van der Waals surface area (Å²) in [6.45, 7) is 0.362. The van der Waals surface area contributed by atoms with E-state index in [4.69, 9.17) is 5.26 Å². The lowest BCUT2D eigenvalue weighted by molar-refractivity contribution is -0.122. The Morgan fingerprint density at radius 1 is 1.28 bits per heavy atom. The minimum absolute atomic E-state index is 0.0529. The van der Waals surface area contributed by atoms with Crippen LogP contribution in [0.3, 0.4) is 0 Å². The number of amides is 2. The highest BCUT2D eigenvalue weighted by Gasteiger charge is 2.35. The minimum Gasteiger partial charge on any atom is -0.326 e. The molecule has 1 fully saturated rings. The summed E-state index contributed by atoms with van der Waals surface area (Å²) in [6.07, 6.45) is 2.19. The molecule has 0 saturated carbocycles. The van der Waals surface area contributed by atoms with Crippen molar-refractivity contribution in [3.63, 3.8) is 0 Å². The summed E-state index contributed by atoms with van der Waals surface area (Å²) < 4.78 is 0. The maximum Gasteiger partial charge on any atom is 0.229 e. The molecular weight excluding hydrogens is 334 g/mol. The normalized spacial score (nSPS) is 16.6. The van der Waals surface area contributed by atoms with Crippen LogP contribution in [-0.2, 0) is 9.59 Å². The molecule has 0 aromatic heterocycles. The van der Waals surface area contributed by atoms with Gasteiger partial charge < -0.3 is 10.2 Å². The Bertz CT molecular complexity index is 842. The number of hydrogen-bond acceptors (Lipinski definition) is 4. The molecule has 5 nitrogen and oxygen atoms in total. The van der Waals surface area contributed by atoms with Gasteiger partial charge in [0.1, 0.15) is 0 Å². The summed E-state index contributed by atoms with van der Waals surface area (Å²) in [5, 5.41) is 11.7. The van der Waals surface area contributed by atoms with E-state index < -0.39 is 5.92 Å². The first-order chi connectivity index (χ1) is 12.1. The maximum absolute atomic E-state index is 12.5. The van der Waals surface area contributed by atoms with Gasteiger partial charge in [0.05, 0.1) is 17.6 Å². The molecule has 0 aliphatic carbocycles. The highest BCUT2D eigenvalue weighted by molar-refractivity contribution is 7.98. The molecule has 1 unspecified atom stereocenters. The molecule has 1 aliphatic heterocycles. The van der Waals surface area contributed by atoms with E-state index in [0.717, 1.165) is 10.6 Å². The first-order valence-electron chi connectivity index (χ1n) is 7.86. The summed E-state index contributed by atoms with van der Waals surface area (Å²) in [7, 11) is 0. The maximum atomic E-state index is 12.5. The monoisotopic (exact) mass is 351 g/mol. The van der Waals surface area contributed by atoms with E-state index in [1.807, 2.05) is 36.6 Å². The van der Waals surface area contributed by atoms with E-state index in [1.165, 1.54) is 0 Å². The second-order valence-corrected chi connectivity index (χ2v) is 6.66. The number of benzene rings is 2. The lowest BCUT2D eigenvalue weighted by Crippen LogP contribution is -2.28. The lowest BCUT2D eigenvalue weighted by Gasteiger charge is -2.17. The summed E-state index contributed by atoms with van der Waals surface area (Å²) in [5.74, 6) is -0.659. The zero-order valence-corrected chi connectivity index (χ0v) is 14.5. The molecular formula is C19H17N3O2S. The number of carbonyl (C=O) groups is 2. The smallest absolute Gasteiger partial charge is 0.229 e. The fourth-order valence-corrected chi connectivity index (χ4v) is 3.21.